The Hall–Kier alpha value is -0.710. The van der Waals surface area contributed by atoms with Gasteiger partial charge in [-0.25, -0.2) is 4.98 Å². The molecule has 0 aliphatic carbocycles. The molecule has 1 aromatic carbocycles. The van der Waals surface area contributed by atoms with Gasteiger partial charge in [0, 0.05) is 0 Å². The number of aryl methyl sites for hydroxylation is 1. The summed E-state index contributed by atoms with van der Waals surface area (Å²) in [6, 6.07) is 8.06. The molecule has 1 atom stereocenters. The number of benzene rings is 1. The fourth-order valence-electron chi connectivity index (χ4n) is 1.74. The third kappa shape index (κ3) is 2.44. The molecule has 1 N–H and O–H groups in total. The van der Waals surface area contributed by atoms with Crippen LogP contribution in [0.2, 0.25) is 0 Å². The van der Waals surface area contributed by atoms with E-state index in [1.807, 2.05) is 12.1 Å². The largest absolute Gasteiger partial charge is 0.380 e. The third-order valence-corrected chi connectivity index (χ3v) is 4.79. The van der Waals surface area contributed by atoms with Gasteiger partial charge in [0.15, 0.2) is 0 Å². The molecule has 1 aromatic heterocycles. The van der Waals surface area contributed by atoms with Crippen LogP contribution in [0.3, 0.4) is 0 Å². The minimum absolute atomic E-state index is 0.715. The van der Waals surface area contributed by atoms with Crippen molar-refractivity contribution in [3.05, 3.63) is 50.4 Å². The Morgan fingerprint density at radius 2 is 2.00 bits per heavy atom. The summed E-state index contributed by atoms with van der Waals surface area (Å²) in [4.78, 5) is 4.95. The summed E-state index contributed by atoms with van der Waals surface area (Å²) in [5, 5.41) is 10.6. The zero-order valence-electron chi connectivity index (χ0n) is 9.77. The highest BCUT2D eigenvalue weighted by Gasteiger charge is 2.29. The SMILES string of the molecule is CCc1ccc(C(C)(O)c2scnc2Br)cc1. The van der Waals surface area contributed by atoms with Gasteiger partial charge in [0.25, 0.3) is 0 Å². The van der Waals surface area contributed by atoms with Crippen LogP contribution >= 0.6 is 27.3 Å². The highest BCUT2D eigenvalue weighted by molar-refractivity contribution is 9.10. The fraction of sp³-hybridized carbons (Fsp3) is 0.308. The van der Waals surface area contributed by atoms with Gasteiger partial charge in [-0.15, -0.1) is 11.3 Å². The molecule has 0 radical (unpaired) electrons. The van der Waals surface area contributed by atoms with E-state index in [1.54, 1.807) is 12.4 Å². The van der Waals surface area contributed by atoms with Crippen LogP contribution in [0.25, 0.3) is 0 Å². The monoisotopic (exact) mass is 311 g/mol. The lowest BCUT2D eigenvalue weighted by Crippen LogP contribution is -2.21. The first-order chi connectivity index (χ1) is 8.05. The van der Waals surface area contributed by atoms with E-state index < -0.39 is 5.60 Å². The Morgan fingerprint density at radius 1 is 1.35 bits per heavy atom. The van der Waals surface area contributed by atoms with E-state index in [0.717, 1.165) is 16.9 Å². The second-order valence-corrected chi connectivity index (χ2v) is 5.70. The molecule has 0 spiro atoms. The van der Waals surface area contributed by atoms with E-state index in [0.29, 0.717) is 4.60 Å². The number of nitrogens with zero attached hydrogens (tertiary/aromatic N) is 1. The summed E-state index contributed by atoms with van der Waals surface area (Å²) in [7, 11) is 0. The first-order valence-corrected chi connectivity index (χ1v) is 7.14. The van der Waals surface area contributed by atoms with Crippen LogP contribution in [0.1, 0.15) is 29.9 Å². The lowest BCUT2D eigenvalue weighted by Gasteiger charge is -2.22. The molecule has 0 aliphatic rings. The summed E-state index contributed by atoms with van der Waals surface area (Å²) in [6.07, 6.45) is 1.01. The van der Waals surface area contributed by atoms with Crippen molar-refractivity contribution >= 4 is 27.3 Å². The number of aliphatic hydroxyl groups is 1. The molecular formula is C13H14BrNOS. The molecule has 0 saturated carbocycles. The van der Waals surface area contributed by atoms with Crippen molar-refractivity contribution in [2.45, 2.75) is 25.9 Å². The average molecular weight is 312 g/mol. The number of halogens is 1. The number of thiazole rings is 1. The van der Waals surface area contributed by atoms with Crippen molar-refractivity contribution in [1.82, 2.24) is 4.98 Å². The van der Waals surface area contributed by atoms with Gasteiger partial charge in [0.1, 0.15) is 10.2 Å². The predicted octanol–water partition coefficient (Wildman–Crippen LogP) is 3.72. The quantitative estimate of drug-likeness (QED) is 0.937. The van der Waals surface area contributed by atoms with Crippen molar-refractivity contribution in [2.75, 3.05) is 0 Å². The molecule has 2 aromatic rings. The van der Waals surface area contributed by atoms with Crippen LogP contribution in [-0.4, -0.2) is 10.1 Å². The minimum atomic E-state index is -0.994. The topological polar surface area (TPSA) is 33.1 Å². The Bertz CT molecular complexity index is 504. The normalized spacial score (nSPS) is 14.6. The fourth-order valence-corrected chi connectivity index (χ4v) is 3.41. The Morgan fingerprint density at radius 3 is 2.47 bits per heavy atom. The highest BCUT2D eigenvalue weighted by Crippen LogP contribution is 2.36. The second-order valence-electron chi connectivity index (χ2n) is 4.09. The molecule has 90 valence electrons. The van der Waals surface area contributed by atoms with Crippen molar-refractivity contribution in [3.8, 4) is 0 Å². The molecule has 0 saturated heterocycles. The zero-order chi connectivity index (χ0) is 12.5. The third-order valence-electron chi connectivity index (χ3n) is 2.89. The number of hydrogen-bond acceptors (Lipinski definition) is 3. The average Bonchev–Trinajstić information content (AvgIpc) is 2.76. The van der Waals surface area contributed by atoms with Crippen LogP contribution in [-0.2, 0) is 12.0 Å². The van der Waals surface area contributed by atoms with Crippen LogP contribution in [0.15, 0.2) is 34.4 Å². The predicted molar refractivity (Wildman–Crippen MR) is 74.3 cm³/mol. The van der Waals surface area contributed by atoms with E-state index >= 15 is 0 Å². The number of aromatic nitrogens is 1. The highest BCUT2D eigenvalue weighted by atomic mass is 79.9. The number of hydrogen-bond donors (Lipinski definition) is 1. The van der Waals surface area contributed by atoms with E-state index in [1.165, 1.54) is 16.9 Å². The molecule has 0 aliphatic heterocycles. The van der Waals surface area contributed by atoms with Gasteiger partial charge in [-0.3, -0.25) is 0 Å². The van der Waals surface area contributed by atoms with Crippen LogP contribution in [0, 0.1) is 0 Å². The summed E-state index contributed by atoms with van der Waals surface area (Å²) in [6.45, 7) is 3.92. The Labute approximate surface area is 113 Å². The van der Waals surface area contributed by atoms with Gasteiger partial charge < -0.3 is 5.11 Å². The molecule has 0 fully saturated rings. The van der Waals surface area contributed by atoms with E-state index in [4.69, 9.17) is 0 Å². The first kappa shape index (κ1) is 12.7. The maximum atomic E-state index is 10.6. The maximum absolute atomic E-state index is 10.6. The second kappa shape index (κ2) is 4.88. The van der Waals surface area contributed by atoms with E-state index in [2.05, 4.69) is 40.0 Å². The summed E-state index contributed by atoms with van der Waals surface area (Å²) in [5.41, 5.74) is 2.90. The van der Waals surface area contributed by atoms with Gasteiger partial charge in [0.2, 0.25) is 0 Å². The molecule has 1 unspecified atom stereocenters. The zero-order valence-corrected chi connectivity index (χ0v) is 12.2. The van der Waals surface area contributed by atoms with Crippen molar-refractivity contribution in [2.24, 2.45) is 0 Å². The minimum Gasteiger partial charge on any atom is -0.380 e. The molecule has 0 amide bonds. The van der Waals surface area contributed by atoms with Crippen LogP contribution < -0.4 is 0 Å². The first-order valence-electron chi connectivity index (χ1n) is 5.47. The molecule has 4 heteroatoms. The Kier molecular flexibility index (Phi) is 3.66. The van der Waals surface area contributed by atoms with Crippen LogP contribution in [0.5, 0.6) is 0 Å². The maximum Gasteiger partial charge on any atom is 0.124 e. The summed E-state index contributed by atoms with van der Waals surface area (Å²) < 4.78 is 0.715. The lowest BCUT2D eigenvalue weighted by atomic mass is 9.94. The van der Waals surface area contributed by atoms with Gasteiger partial charge in [-0.05, 0) is 40.4 Å². The van der Waals surface area contributed by atoms with Gasteiger partial charge in [0.05, 0.1) is 10.4 Å². The Balaban J connectivity index is 2.40. The standard InChI is InChI=1S/C13H14BrNOS/c1-3-9-4-6-10(7-5-9)13(2,16)11-12(14)15-8-17-11/h4-8,16H,3H2,1-2H3. The lowest BCUT2D eigenvalue weighted by molar-refractivity contribution is 0.105. The van der Waals surface area contributed by atoms with Crippen molar-refractivity contribution in [3.63, 3.8) is 0 Å². The van der Waals surface area contributed by atoms with Crippen LogP contribution in [0.4, 0.5) is 0 Å². The summed E-state index contributed by atoms with van der Waals surface area (Å²) in [5.74, 6) is 0. The molecule has 0 bridgehead atoms. The van der Waals surface area contributed by atoms with E-state index in [-0.39, 0.29) is 0 Å². The summed E-state index contributed by atoms with van der Waals surface area (Å²) >= 11 is 4.82. The van der Waals surface area contributed by atoms with Crippen molar-refractivity contribution < 1.29 is 5.11 Å². The van der Waals surface area contributed by atoms with Gasteiger partial charge in [-0.1, -0.05) is 31.2 Å². The number of rotatable bonds is 3. The molecular weight excluding hydrogens is 298 g/mol. The van der Waals surface area contributed by atoms with E-state index in [9.17, 15) is 5.11 Å². The van der Waals surface area contributed by atoms with Gasteiger partial charge in [-0.2, -0.15) is 0 Å². The molecule has 2 rings (SSSR count). The van der Waals surface area contributed by atoms with Gasteiger partial charge >= 0.3 is 0 Å². The molecule has 1 heterocycles. The smallest absolute Gasteiger partial charge is 0.124 e. The molecule has 17 heavy (non-hydrogen) atoms. The van der Waals surface area contributed by atoms with Crippen molar-refractivity contribution in [1.29, 1.82) is 0 Å². The molecule has 2 nitrogen and oxygen atoms in total.